The molecule has 0 amide bonds. The maximum absolute atomic E-state index is 5.77. The Morgan fingerprint density at radius 1 is 1.09 bits per heavy atom. The highest BCUT2D eigenvalue weighted by atomic mass is 16.7. The maximum atomic E-state index is 5.77. The third-order valence-electron chi connectivity index (χ3n) is 4.08. The molecular formula is C18H23NO4. The molecule has 0 unspecified atom stereocenters. The van der Waals surface area contributed by atoms with Crippen molar-refractivity contribution in [2.24, 2.45) is 0 Å². The van der Waals surface area contributed by atoms with Crippen LogP contribution in [0.25, 0.3) is 10.8 Å². The summed E-state index contributed by atoms with van der Waals surface area (Å²) in [6, 6.07) is 5.99. The molecule has 0 spiro atoms. The number of benzene rings is 1. The van der Waals surface area contributed by atoms with Gasteiger partial charge in [-0.1, -0.05) is 0 Å². The Morgan fingerprint density at radius 3 is 2.57 bits per heavy atom. The zero-order valence-electron chi connectivity index (χ0n) is 13.7. The van der Waals surface area contributed by atoms with E-state index < -0.39 is 0 Å². The molecule has 124 valence electrons. The van der Waals surface area contributed by atoms with Crippen molar-refractivity contribution in [3.05, 3.63) is 30.1 Å². The van der Waals surface area contributed by atoms with Crippen LogP contribution >= 0.6 is 0 Å². The third kappa shape index (κ3) is 3.92. The van der Waals surface area contributed by atoms with Crippen molar-refractivity contribution >= 4 is 10.8 Å². The fraction of sp³-hybridized carbons (Fsp3) is 0.500. The largest absolute Gasteiger partial charge is 0.493 e. The number of hydrogen-bond acceptors (Lipinski definition) is 5. The van der Waals surface area contributed by atoms with Gasteiger partial charge < -0.3 is 18.9 Å². The van der Waals surface area contributed by atoms with Gasteiger partial charge in [0.15, 0.2) is 17.8 Å². The summed E-state index contributed by atoms with van der Waals surface area (Å²) in [5, 5.41) is 2.12. The van der Waals surface area contributed by atoms with E-state index in [1.54, 1.807) is 14.2 Å². The average molecular weight is 317 g/mol. The van der Waals surface area contributed by atoms with Gasteiger partial charge in [-0.2, -0.15) is 0 Å². The fourth-order valence-electron chi connectivity index (χ4n) is 2.79. The lowest BCUT2D eigenvalue weighted by atomic mass is 10.1. The zero-order valence-corrected chi connectivity index (χ0v) is 13.7. The van der Waals surface area contributed by atoms with Crippen LogP contribution in [-0.4, -0.2) is 38.7 Å². The molecule has 3 rings (SSSR count). The van der Waals surface area contributed by atoms with Crippen LogP contribution in [0.4, 0.5) is 0 Å². The Kier molecular flexibility index (Phi) is 5.31. The van der Waals surface area contributed by atoms with Crippen molar-refractivity contribution in [1.82, 2.24) is 4.98 Å². The first-order chi connectivity index (χ1) is 11.3. The summed E-state index contributed by atoms with van der Waals surface area (Å²) in [7, 11) is 3.28. The van der Waals surface area contributed by atoms with E-state index in [1.165, 1.54) is 6.42 Å². The number of methoxy groups -OCH3 is 2. The molecule has 1 aliphatic heterocycles. The molecule has 5 nitrogen and oxygen atoms in total. The predicted octanol–water partition coefficient (Wildman–Crippen LogP) is 3.34. The second kappa shape index (κ2) is 7.62. The molecule has 5 heteroatoms. The highest BCUT2D eigenvalue weighted by Crippen LogP contribution is 2.32. The van der Waals surface area contributed by atoms with Crippen molar-refractivity contribution in [2.75, 3.05) is 27.4 Å². The summed E-state index contributed by atoms with van der Waals surface area (Å²) in [5.41, 5.74) is 1.00. The maximum Gasteiger partial charge on any atom is 0.161 e. The number of fused-ring (bicyclic) bond motifs is 1. The smallest absolute Gasteiger partial charge is 0.161 e. The van der Waals surface area contributed by atoms with Crippen LogP contribution in [0.5, 0.6) is 11.5 Å². The van der Waals surface area contributed by atoms with Crippen molar-refractivity contribution in [3.63, 3.8) is 0 Å². The molecule has 1 aromatic heterocycles. The molecule has 1 fully saturated rings. The van der Waals surface area contributed by atoms with Gasteiger partial charge in [-0.25, -0.2) is 0 Å². The second-order valence-corrected chi connectivity index (χ2v) is 5.65. The Balaban J connectivity index is 1.66. The lowest BCUT2D eigenvalue weighted by Crippen LogP contribution is -2.23. The summed E-state index contributed by atoms with van der Waals surface area (Å²) in [4.78, 5) is 4.50. The fourth-order valence-corrected chi connectivity index (χ4v) is 2.79. The summed E-state index contributed by atoms with van der Waals surface area (Å²) >= 11 is 0. The Morgan fingerprint density at radius 2 is 1.87 bits per heavy atom. The number of nitrogens with zero attached hydrogens (tertiary/aromatic N) is 1. The zero-order chi connectivity index (χ0) is 16.1. The Labute approximate surface area is 136 Å². The van der Waals surface area contributed by atoms with Gasteiger partial charge in [0.05, 0.1) is 20.8 Å². The first kappa shape index (κ1) is 16.0. The Hall–Kier alpha value is -1.85. The van der Waals surface area contributed by atoms with E-state index >= 15 is 0 Å². The molecule has 1 saturated heterocycles. The van der Waals surface area contributed by atoms with Crippen LogP contribution < -0.4 is 9.47 Å². The van der Waals surface area contributed by atoms with E-state index in [4.69, 9.17) is 18.9 Å². The molecule has 0 aliphatic carbocycles. The van der Waals surface area contributed by atoms with Gasteiger partial charge >= 0.3 is 0 Å². The number of rotatable bonds is 6. The van der Waals surface area contributed by atoms with Gasteiger partial charge in [0.1, 0.15) is 0 Å². The number of pyridine rings is 1. The molecule has 1 atom stereocenters. The van der Waals surface area contributed by atoms with E-state index in [0.717, 1.165) is 48.1 Å². The lowest BCUT2D eigenvalue weighted by Gasteiger charge is -2.22. The molecular weight excluding hydrogens is 294 g/mol. The first-order valence-electron chi connectivity index (χ1n) is 8.04. The van der Waals surface area contributed by atoms with Crippen LogP contribution in [-0.2, 0) is 15.9 Å². The van der Waals surface area contributed by atoms with Crippen molar-refractivity contribution < 1.29 is 18.9 Å². The predicted molar refractivity (Wildman–Crippen MR) is 88.1 cm³/mol. The van der Waals surface area contributed by atoms with Gasteiger partial charge in [0.25, 0.3) is 0 Å². The second-order valence-electron chi connectivity index (χ2n) is 5.65. The van der Waals surface area contributed by atoms with Crippen molar-refractivity contribution in [3.8, 4) is 11.5 Å². The summed E-state index contributed by atoms with van der Waals surface area (Å²) < 4.78 is 22.0. The van der Waals surface area contributed by atoms with Gasteiger partial charge in [-0.3, -0.25) is 4.98 Å². The highest BCUT2D eigenvalue weighted by molar-refractivity contribution is 5.85. The van der Waals surface area contributed by atoms with Crippen LogP contribution in [0.2, 0.25) is 0 Å². The van der Waals surface area contributed by atoms with Gasteiger partial charge in [-0.05, 0) is 42.8 Å². The topological polar surface area (TPSA) is 49.8 Å². The minimum absolute atomic E-state index is 0.0476. The molecule has 0 radical (unpaired) electrons. The lowest BCUT2D eigenvalue weighted by molar-refractivity contribution is -0.161. The number of aromatic nitrogens is 1. The Bertz CT molecular complexity index is 653. The van der Waals surface area contributed by atoms with Crippen LogP contribution in [0.15, 0.2) is 24.4 Å². The quantitative estimate of drug-likeness (QED) is 0.818. The van der Waals surface area contributed by atoms with Gasteiger partial charge in [0, 0.05) is 30.3 Å². The third-order valence-corrected chi connectivity index (χ3v) is 4.08. The van der Waals surface area contributed by atoms with E-state index in [0.29, 0.717) is 12.4 Å². The molecule has 23 heavy (non-hydrogen) atoms. The SMILES string of the molecule is COc1cc2cnc(CCO[C@H]3CCCCO3)cc2cc1OC. The molecule has 2 aromatic rings. The van der Waals surface area contributed by atoms with Crippen molar-refractivity contribution in [2.45, 2.75) is 32.0 Å². The number of hydrogen-bond donors (Lipinski definition) is 0. The average Bonchev–Trinajstić information content (AvgIpc) is 2.61. The first-order valence-corrected chi connectivity index (χ1v) is 8.04. The van der Waals surface area contributed by atoms with Crippen LogP contribution in [0.1, 0.15) is 25.0 Å². The normalized spacial score (nSPS) is 18.1. The molecule has 2 heterocycles. The molecule has 0 saturated carbocycles. The molecule has 0 N–H and O–H groups in total. The summed E-state index contributed by atoms with van der Waals surface area (Å²) in [6.45, 7) is 1.43. The molecule has 0 bridgehead atoms. The van der Waals surface area contributed by atoms with E-state index in [1.807, 2.05) is 18.3 Å². The van der Waals surface area contributed by atoms with Crippen molar-refractivity contribution in [1.29, 1.82) is 0 Å². The van der Waals surface area contributed by atoms with Crippen LogP contribution in [0.3, 0.4) is 0 Å². The molecule has 1 aliphatic rings. The van der Waals surface area contributed by atoms with Gasteiger partial charge in [0.2, 0.25) is 0 Å². The highest BCUT2D eigenvalue weighted by Gasteiger charge is 2.14. The van der Waals surface area contributed by atoms with E-state index in [2.05, 4.69) is 11.1 Å². The summed E-state index contributed by atoms with van der Waals surface area (Å²) in [5.74, 6) is 1.44. The van der Waals surface area contributed by atoms with E-state index in [9.17, 15) is 0 Å². The minimum Gasteiger partial charge on any atom is -0.493 e. The standard InChI is InChI=1S/C18H23NO4/c1-20-16-10-13-9-15(19-12-14(13)11-17(16)21-2)6-8-23-18-5-3-4-7-22-18/h9-12,18H,3-8H2,1-2H3/t18-/m0/s1. The molecule has 1 aromatic carbocycles. The minimum atomic E-state index is -0.0476. The van der Waals surface area contributed by atoms with E-state index in [-0.39, 0.29) is 6.29 Å². The summed E-state index contributed by atoms with van der Waals surface area (Å²) in [6.07, 6.45) is 5.89. The van der Waals surface area contributed by atoms with Gasteiger partial charge in [-0.15, -0.1) is 0 Å². The monoisotopic (exact) mass is 317 g/mol. The number of ether oxygens (including phenoxy) is 4. The van der Waals surface area contributed by atoms with Crippen LogP contribution in [0, 0.1) is 0 Å².